The molecule has 114 valence electrons. The van der Waals surface area contributed by atoms with E-state index in [4.69, 9.17) is 0 Å². The maximum absolute atomic E-state index is 11.4. The van der Waals surface area contributed by atoms with Gasteiger partial charge in [-0.05, 0) is 66.6 Å². The van der Waals surface area contributed by atoms with Gasteiger partial charge in [0.2, 0.25) is 5.91 Å². The number of rotatable bonds is 9. The van der Waals surface area contributed by atoms with E-state index < -0.39 is 0 Å². The molecule has 0 aliphatic heterocycles. The van der Waals surface area contributed by atoms with Crippen LogP contribution in [0.5, 0.6) is 0 Å². The Kier molecular flexibility index (Phi) is 12.2. The van der Waals surface area contributed by atoms with Crippen LogP contribution in [0.25, 0.3) is 0 Å². The van der Waals surface area contributed by atoms with Crippen LogP contribution < -0.4 is 10.6 Å². The molecule has 1 aromatic carbocycles. The van der Waals surface area contributed by atoms with Crippen LogP contribution in [0.4, 0.5) is 0 Å². The lowest BCUT2D eigenvalue weighted by Gasteiger charge is -2.05. The first-order chi connectivity index (χ1) is 9.22. The van der Waals surface area contributed by atoms with Crippen molar-refractivity contribution in [3.63, 3.8) is 0 Å². The molecule has 0 aliphatic rings. The van der Waals surface area contributed by atoms with E-state index in [1.165, 1.54) is 9.13 Å². The summed E-state index contributed by atoms with van der Waals surface area (Å²) in [6.07, 6.45) is 5.01. The van der Waals surface area contributed by atoms with Gasteiger partial charge in [-0.25, -0.2) is 0 Å². The predicted octanol–water partition coefficient (Wildman–Crippen LogP) is 3.15. The van der Waals surface area contributed by atoms with E-state index in [-0.39, 0.29) is 18.3 Å². The minimum atomic E-state index is 0. The van der Waals surface area contributed by atoms with Crippen molar-refractivity contribution in [2.24, 2.45) is 0 Å². The summed E-state index contributed by atoms with van der Waals surface area (Å²) in [6.45, 7) is 1.55. The standard InChI is InChI=1S/C15H23IN2O.ClH/c1-17-11-12-18-15(19)6-4-2-3-5-13-7-9-14(16)10-8-13;/h7-10,17H,2-6,11-12H2,1H3,(H,18,19);1H. The van der Waals surface area contributed by atoms with E-state index in [0.717, 1.165) is 38.8 Å². The number of hydrogen-bond acceptors (Lipinski definition) is 2. The van der Waals surface area contributed by atoms with Gasteiger partial charge in [-0.2, -0.15) is 0 Å². The summed E-state index contributed by atoms with van der Waals surface area (Å²) >= 11 is 2.32. The molecule has 0 aromatic heterocycles. The van der Waals surface area contributed by atoms with Crippen LogP contribution >= 0.6 is 35.0 Å². The van der Waals surface area contributed by atoms with E-state index in [1.54, 1.807) is 0 Å². The minimum Gasteiger partial charge on any atom is -0.355 e. The van der Waals surface area contributed by atoms with Crippen molar-refractivity contribution in [2.75, 3.05) is 20.1 Å². The van der Waals surface area contributed by atoms with Gasteiger partial charge in [-0.3, -0.25) is 4.79 Å². The van der Waals surface area contributed by atoms with Crippen molar-refractivity contribution in [3.8, 4) is 0 Å². The first-order valence-corrected chi connectivity index (χ1v) is 7.96. The Hall–Kier alpha value is -0.330. The van der Waals surface area contributed by atoms with Crippen LogP contribution in [0, 0.1) is 3.57 Å². The van der Waals surface area contributed by atoms with E-state index in [0.29, 0.717) is 6.42 Å². The molecule has 0 saturated heterocycles. The van der Waals surface area contributed by atoms with Gasteiger partial charge in [0.1, 0.15) is 0 Å². The van der Waals surface area contributed by atoms with Crippen LogP contribution in [-0.4, -0.2) is 26.0 Å². The molecule has 0 spiro atoms. The highest BCUT2D eigenvalue weighted by Gasteiger charge is 2.00. The number of carbonyl (C=O) groups is 1. The van der Waals surface area contributed by atoms with Crippen molar-refractivity contribution < 1.29 is 4.79 Å². The van der Waals surface area contributed by atoms with E-state index in [2.05, 4.69) is 57.5 Å². The van der Waals surface area contributed by atoms with Gasteiger partial charge in [0.05, 0.1) is 0 Å². The molecule has 0 heterocycles. The number of nitrogens with one attached hydrogen (secondary N) is 2. The zero-order valence-electron chi connectivity index (χ0n) is 12.0. The number of unbranched alkanes of at least 4 members (excludes halogenated alkanes) is 2. The minimum absolute atomic E-state index is 0. The van der Waals surface area contributed by atoms with Crippen molar-refractivity contribution >= 4 is 40.9 Å². The lowest BCUT2D eigenvalue weighted by atomic mass is 10.1. The van der Waals surface area contributed by atoms with Crippen LogP contribution in [0.2, 0.25) is 0 Å². The fraction of sp³-hybridized carbons (Fsp3) is 0.533. The molecule has 0 aliphatic carbocycles. The SMILES string of the molecule is CNCCNC(=O)CCCCCc1ccc(I)cc1.Cl. The summed E-state index contributed by atoms with van der Waals surface area (Å²) in [5, 5.41) is 5.90. The molecule has 3 nitrogen and oxygen atoms in total. The zero-order chi connectivity index (χ0) is 13.9. The summed E-state index contributed by atoms with van der Waals surface area (Å²) < 4.78 is 1.28. The predicted molar refractivity (Wildman–Crippen MR) is 95.5 cm³/mol. The summed E-state index contributed by atoms with van der Waals surface area (Å²) in [7, 11) is 1.89. The third-order valence-electron chi connectivity index (χ3n) is 2.98. The summed E-state index contributed by atoms with van der Waals surface area (Å²) in [5.74, 6) is 0.171. The number of carbonyl (C=O) groups excluding carboxylic acids is 1. The molecule has 1 rings (SSSR count). The van der Waals surface area contributed by atoms with Gasteiger partial charge in [0.25, 0.3) is 0 Å². The number of benzene rings is 1. The number of halogens is 2. The van der Waals surface area contributed by atoms with Gasteiger partial charge >= 0.3 is 0 Å². The summed E-state index contributed by atoms with van der Waals surface area (Å²) in [6, 6.07) is 8.66. The van der Waals surface area contributed by atoms with Gasteiger partial charge in [0, 0.05) is 23.1 Å². The molecule has 1 amide bonds. The molecule has 5 heteroatoms. The maximum atomic E-state index is 11.4. The molecular formula is C15H24ClIN2O. The molecule has 2 N–H and O–H groups in total. The van der Waals surface area contributed by atoms with Gasteiger partial charge in [0.15, 0.2) is 0 Å². The highest BCUT2D eigenvalue weighted by Crippen LogP contribution is 2.10. The number of amides is 1. The van der Waals surface area contributed by atoms with E-state index >= 15 is 0 Å². The fourth-order valence-corrected chi connectivity index (χ4v) is 2.22. The molecule has 0 saturated carbocycles. The molecular weight excluding hydrogens is 387 g/mol. The number of likely N-dealkylation sites (N-methyl/N-ethyl adjacent to an activating group) is 1. The molecule has 0 atom stereocenters. The Balaban J connectivity index is 0.00000361. The van der Waals surface area contributed by atoms with E-state index in [9.17, 15) is 4.79 Å². The Morgan fingerprint density at radius 3 is 2.45 bits per heavy atom. The molecule has 0 bridgehead atoms. The average molecular weight is 411 g/mol. The Bertz CT molecular complexity index is 371. The normalized spacial score (nSPS) is 9.90. The maximum Gasteiger partial charge on any atom is 0.220 e. The largest absolute Gasteiger partial charge is 0.355 e. The lowest BCUT2D eigenvalue weighted by Crippen LogP contribution is -2.30. The Labute approximate surface area is 141 Å². The first-order valence-electron chi connectivity index (χ1n) is 6.88. The van der Waals surface area contributed by atoms with Crippen molar-refractivity contribution in [1.82, 2.24) is 10.6 Å². The second-order valence-corrected chi connectivity index (χ2v) is 5.89. The van der Waals surface area contributed by atoms with Crippen molar-refractivity contribution in [1.29, 1.82) is 0 Å². The lowest BCUT2D eigenvalue weighted by molar-refractivity contribution is -0.121. The molecule has 0 radical (unpaired) electrons. The first kappa shape index (κ1) is 19.7. The van der Waals surface area contributed by atoms with Gasteiger partial charge in [-0.1, -0.05) is 18.6 Å². The second kappa shape index (κ2) is 12.4. The Morgan fingerprint density at radius 2 is 1.80 bits per heavy atom. The van der Waals surface area contributed by atoms with Crippen molar-refractivity contribution in [3.05, 3.63) is 33.4 Å². The third kappa shape index (κ3) is 9.55. The smallest absolute Gasteiger partial charge is 0.220 e. The summed E-state index contributed by atoms with van der Waals surface area (Å²) in [4.78, 5) is 11.4. The summed E-state index contributed by atoms with van der Waals surface area (Å²) in [5.41, 5.74) is 1.39. The van der Waals surface area contributed by atoms with Crippen LogP contribution in [0.3, 0.4) is 0 Å². The second-order valence-electron chi connectivity index (χ2n) is 4.64. The Morgan fingerprint density at radius 1 is 1.10 bits per heavy atom. The van der Waals surface area contributed by atoms with Crippen molar-refractivity contribution in [2.45, 2.75) is 32.1 Å². The molecule has 0 fully saturated rings. The highest BCUT2D eigenvalue weighted by molar-refractivity contribution is 14.1. The monoisotopic (exact) mass is 410 g/mol. The zero-order valence-corrected chi connectivity index (χ0v) is 14.9. The topological polar surface area (TPSA) is 41.1 Å². The van der Waals surface area contributed by atoms with E-state index in [1.807, 2.05) is 7.05 Å². The third-order valence-corrected chi connectivity index (χ3v) is 3.70. The van der Waals surface area contributed by atoms with Gasteiger partial charge in [-0.15, -0.1) is 12.4 Å². The quantitative estimate of drug-likeness (QED) is 0.485. The molecule has 0 unspecified atom stereocenters. The van der Waals surface area contributed by atoms with Crippen LogP contribution in [-0.2, 0) is 11.2 Å². The fourth-order valence-electron chi connectivity index (χ4n) is 1.86. The molecule has 20 heavy (non-hydrogen) atoms. The number of hydrogen-bond donors (Lipinski definition) is 2. The average Bonchev–Trinajstić information content (AvgIpc) is 2.41. The van der Waals surface area contributed by atoms with Crippen LogP contribution in [0.15, 0.2) is 24.3 Å². The molecule has 1 aromatic rings. The van der Waals surface area contributed by atoms with Gasteiger partial charge < -0.3 is 10.6 Å². The highest BCUT2D eigenvalue weighted by atomic mass is 127. The van der Waals surface area contributed by atoms with Crippen LogP contribution in [0.1, 0.15) is 31.2 Å². The number of aryl methyl sites for hydroxylation is 1.